The number of fused-ring (bicyclic) bond motifs is 1. The molecule has 26 heavy (non-hydrogen) atoms. The van der Waals surface area contributed by atoms with Gasteiger partial charge in [-0.15, -0.1) is 0 Å². The van der Waals surface area contributed by atoms with Gasteiger partial charge in [0.15, 0.2) is 0 Å². The van der Waals surface area contributed by atoms with E-state index in [9.17, 15) is 4.79 Å². The molecule has 0 spiro atoms. The lowest BCUT2D eigenvalue weighted by Gasteiger charge is -2.19. The Kier molecular flexibility index (Phi) is 4.92. The fourth-order valence-electron chi connectivity index (χ4n) is 2.65. The van der Waals surface area contributed by atoms with Crippen molar-refractivity contribution in [2.75, 3.05) is 11.9 Å². The first-order valence-electron chi connectivity index (χ1n) is 8.61. The molecule has 1 N–H and O–H groups in total. The van der Waals surface area contributed by atoms with Gasteiger partial charge in [0.25, 0.3) is 0 Å². The van der Waals surface area contributed by atoms with Gasteiger partial charge >= 0.3 is 5.97 Å². The van der Waals surface area contributed by atoms with Gasteiger partial charge in [-0.3, -0.25) is 9.48 Å². The SMILES string of the molecule is CCOC(=O)Cn1cc(Nc2ncc3ccn(CC(C)(C)C)c3n2)cn1. The summed E-state index contributed by atoms with van der Waals surface area (Å²) in [4.78, 5) is 20.5. The second kappa shape index (κ2) is 7.15. The molecule has 0 fully saturated rings. The molecule has 138 valence electrons. The Morgan fingerprint density at radius 2 is 2.12 bits per heavy atom. The normalized spacial score (nSPS) is 11.7. The van der Waals surface area contributed by atoms with Crippen LogP contribution in [-0.4, -0.2) is 36.9 Å². The average Bonchev–Trinajstić information content (AvgIpc) is 3.14. The van der Waals surface area contributed by atoms with Crippen molar-refractivity contribution in [3.05, 3.63) is 30.9 Å². The smallest absolute Gasteiger partial charge is 0.327 e. The van der Waals surface area contributed by atoms with Crippen LogP contribution in [0, 0.1) is 5.41 Å². The summed E-state index contributed by atoms with van der Waals surface area (Å²) in [5, 5.41) is 8.27. The van der Waals surface area contributed by atoms with Gasteiger partial charge < -0.3 is 14.6 Å². The Labute approximate surface area is 152 Å². The van der Waals surface area contributed by atoms with Gasteiger partial charge in [0.05, 0.1) is 18.5 Å². The largest absolute Gasteiger partial charge is 0.465 e. The monoisotopic (exact) mass is 356 g/mol. The van der Waals surface area contributed by atoms with Gasteiger partial charge in [0, 0.05) is 30.5 Å². The van der Waals surface area contributed by atoms with E-state index in [4.69, 9.17) is 4.74 Å². The Morgan fingerprint density at radius 3 is 2.85 bits per heavy atom. The molecule has 0 bridgehead atoms. The predicted molar refractivity (Wildman–Crippen MR) is 99.1 cm³/mol. The summed E-state index contributed by atoms with van der Waals surface area (Å²) in [7, 11) is 0. The maximum absolute atomic E-state index is 11.5. The number of carbonyl (C=O) groups excluding carboxylic acids is 1. The Morgan fingerprint density at radius 1 is 1.31 bits per heavy atom. The number of carbonyl (C=O) groups is 1. The molecule has 0 saturated carbocycles. The molecule has 0 aliphatic carbocycles. The van der Waals surface area contributed by atoms with Crippen molar-refractivity contribution in [2.45, 2.75) is 40.8 Å². The molecule has 0 aromatic carbocycles. The molecule has 0 radical (unpaired) electrons. The Bertz CT molecular complexity index is 906. The van der Waals surface area contributed by atoms with E-state index in [1.54, 1.807) is 25.5 Å². The minimum Gasteiger partial charge on any atom is -0.465 e. The van der Waals surface area contributed by atoms with Crippen LogP contribution in [0.25, 0.3) is 11.0 Å². The summed E-state index contributed by atoms with van der Waals surface area (Å²) in [6.45, 7) is 9.64. The van der Waals surface area contributed by atoms with E-state index in [0.717, 1.165) is 17.6 Å². The molecule has 0 atom stereocenters. The number of hydrogen-bond acceptors (Lipinski definition) is 6. The van der Waals surface area contributed by atoms with Crippen molar-refractivity contribution in [1.82, 2.24) is 24.3 Å². The van der Waals surface area contributed by atoms with Crippen LogP contribution in [-0.2, 0) is 22.6 Å². The zero-order valence-electron chi connectivity index (χ0n) is 15.6. The topological polar surface area (TPSA) is 86.9 Å². The van der Waals surface area contributed by atoms with Crippen LogP contribution in [0.4, 0.5) is 11.6 Å². The number of rotatable bonds is 6. The number of esters is 1. The highest BCUT2D eigenvalue weighted by molar-refractivity contribution is 5.76. The first-order chi connectivity index (χ1) is 12.3. The third-order valence-electron chi connectivity index (χ3n) is 3.63. The van der Waals surface area contributed by atoms with Crippen LogP contribution < -0.4 is 5.32 Å². The van der Waals surface area contributed by atoms with E-state index >= 15 is 0 Å². The van der Waals surface area contributed by atoms with E-state index in [2.05, 4.69) is 45.7 Å². The average molecular weight is 356 g/mol. The third kappa shape index (κ3) is 4.38. The van der Waals surface area contributed by atoms with Crippen molar-refractivity contribution in [3.63, 3.8) is 0 Å². The fraction of sp³-hybridized carbons (Fsp3) is 0.444. The number of anilines is 2. The summed E-state index contributed by atoms with van der Waals surface area (Å²) in [5.41, 5.74) is 1.75. The minimum absolute atomic E-state index is 0.0733. The molecule has 8 nitrogen and oxygen atoms in total. The zero-order valence-corrected chi connectivity index (χ0v) is 15.6. The zero-order chi connectivity index (χ0) is 18.7. The van der Waals surface area contributed by atoms with Crippen molar-refractivity contribution in [2.24, 2.45) is 5.41 Å². The summed E-state index contributed by atoms with van der Waals surface area (Å²) < 4.78 is 8.56. The Hall–Kier alpha value is -2.90. The van der Waals surface area contributed by atoms with Gasteiger partial charge in [0.2, 0.25) is 5.95 Å². The van der Waals surface area contributed by atoms with Crippen LogP contribution in [0.2, 0.25) is 0 Å². The standard InChI is InChI=1S/C18H24N6O2/c1-5-26-15(25)11-24-10-14(9-20-24)21-17-19-8-13-6-7-23(16(13)22-17)12-18(2,3)4/h6-10H,5,11-12H2,1-4H3,(H,19,21,22). The maximum atomic E-state index is 11.5. The second-order valence-electron chi connectivity index (χ2n) is 7.33. The molecule has 3 aromatic heterocycles. The number of nitrogens with zero attached hydrogens (tertiary/aromatic N) is 5. The first-order valence-corrected chi connectivity index (χ1v) is 8.61. The summed E-state index contributed by atoms with van der Waals surface area (Å²) in [6, 6.07) is 2.02. The number of aromatic nitrogens is 5. The quantitative estimate of drug-likeness (QED) is 0.683. The molecule has 0 amide bonds. The number of ether oxygens (including phenoxy) is 1. The van der Waals surface area contributed by atoms with Crippen molar-refractivity contribution < 1.29 is 9.53 Å². The van der Waals surface area contributed by atoms with Crippen molar-refractivity contribution >= 4 is 28.6 Å². The maximum Gasteiger partial charge on any atom is 0.327 e. The van der Waals surface area contributed by atoms with Crippen LogP contribution >= 0.6 is 0 Å². The molecule has 3 aromatic rings. The van der Waals surface area contributed by atoms with Crippen molar-refractivity contribution in [3.8, 4) is 0 Å². The van der Waals surface area contributed by atoms with Gasteiger partial charge in [-0.2, -0.15) is 10.1 Å². The number of hydrogen-bond donors (Lipinski definition) is 1. The van der Waals surface area contributed by atoms with Crippen LogP contribution in [0.1, 0.15) is 27.7 Å². The van der Waals surface area contributed by atoms with Gasteiger partial charge in [0.1, 0.15) is 12.2 Å². The second-order valence-corrected chi connectivity index (χ2v) is 7.33. The van der Waals surface area contributed by atoms with Crippen LogP contribution in [0.3, 0.4) is 0 Å². The van der Waals surface area contributed by atoms with E-state index in [0.29, 0.717) is 18.2 Å². The lowest BCUT2D eigenvalue weighted by atomic mass is 9.97. The summed E-state index contributed by atoms with van der Waals surface area (Å²) >= 11 is 0. The minimum atomic E-state index is -0.320. The van der Waals surface area contributed by atoms with E-state index in [-0.39, 0.29) is 17.9 Å². The highest BCUT2D eigenvalue weighted by atomic mass is 16.5. The molecule has 0 aliphatic heterocycles. The van der Waals surface area contributed by atoms with Gasteiger partial charge in [-0.1, -0.05) is 20.8 Å². The third-order valence-corrected chi connectivity index (χ3v) is 3.63. The van der Waals surface area contributed by atoms with E-state index in [1.165, 1.54) is 4.68 Å². The van der Waals surface area contributed by atoms with Gasteiger partial charge in [-0.25, -0.2) is 4.98 Å². The molecule has 0 unspecified atom stereocenters. The molecule has 0 aliphatic rings. The van der Waals surface area contributed by atoms with Crippen LogP contribution in [0.5, 0.6) is 0 Å². The van der Waals surface area contributed by atoms with Crippen molar-refractivity contribution in [1.29, 1.82) is 0 Å². The molecule has 3 heterocycles. The summed E-state index contributed by atoms with van der Waals surface area (Å²) in [6.07, 6.45) is 7.18. The van der Waals surface area contributed by atoms with Gasteiger partial charge in [-0.05, 0) is 18.4 Å². The van der Waals surface area contributed by atoms with E-state index in [1.807, 2.05) is 12.3 Å². The molecule has 0 saturated heterocycles. The predicted octanol–water partition coefficient (Wildman–Crippen LogP) is 2.98. The Balaban J connectivity index is 1.76. The highest BCUT2D eigenvalue weighted by Gasteiger charge is 2.14. The molecule has 8 heteroatoms. The molecular formula is C18H24N6O2. The molecular weight excluding hydrogens is 332 g/mol. The highest BCUT2D eigenvalue weighted by Crippen LogP contribution is 2.22. The summed E-state index contributed by atoms with van der Waals surface area (Å²) in [5.74, 6) is 0.168. The lowest BCUT2D eigenvalue weighted by molar-refractivity contribution is -0.144. The fourth-order valence-corrected chi connectivity index (χ4v) is 2.65. The van der Waals surface area contributed by atoms with Crippen LogP contribution in [0.15, 0.2) is 30.9 Å². The molecule has 3 rings (SSSR count). The first kappa shape index (κ1) is 17.9. The number of nitrogens with one attached hydrogen (secondary N) is 1. The lowest BCUT2D eigenvalue weighted by Crippen LogP contribution is -2.15. The van der Waals surface area contributed by atoms with E-state index < -0.39 is 0 Å².